The molecule has 2 aliphatic heterocycles. The molecule has 0 spiro atoms. The Kier molecular flexibility index (Phi) is 8.29. The average Bonchev–Trinajstić information content (AvgIpc) is 3.64. The molecule has 0 unspecified atom stereocenters. The molecule has 2 saturated heterocycles. The number of carbonyl (C=O) groups excluding carboxylic acids is 3. The van der Waals surface area contributed by atoms with Gasteiger partial charge in [0.15, 0.2) is 0 Å². The van der Waals surface area contributed by atoms with Crippen LogP contribution in [0, 0.1) is 0 Å². The first-order valence-corrected chi connectivity index (χ1v) is 14.1. The van der Waals surface area contributed by atoms with Crippen LogP contribution in [-0.2, 0) is 33.7 Å². The molecule has 5 rings (SSSR count). The molecule has 2 fully saturated rings. The van der Waals surface area contributed by atoms with Crippen LogP contribution in [-0.4, -0.2) is 52.3 Å². The predicted octanol–water partition coefficient (Wildman–Crippen LogP) is 5.17. The SMILES string of the molecule is CCc1cccc2c(/C=C3\SC(=O)N(CCCc4ccccc4)C3=O)cn(CC(=O)NC[C@H]3CCCO3)c12. The number of aryl methyl sites for hydroxylation is 2. The number of carbonyl (C=O) groups is 3. The first-order chi connectivity index (χ1) is 18.5. The molecule has 7 nitrogen and oxygen atoms in total. The average molecular weight is 532 g/mol. The second-order valence-electron chi connectivity index (χ2n) is 9.74. The number of rotatable bonds is 10. The van der Waals surface area contributed by atoms with Crippen molar-refractivity contribution in [3.63, 3.8) is 0 Å². The number of imide groups is 1. The minimum absolute atomic E-state index is 0.0754. The molecule has 198 valence electrons. The highest BCUT2D eigenvalue weighted by Gasteiger charge is 2.34. The summed E-state index contributed by atoms with van der Waals surface area (Å²) in [6, 6.07) is 16.1. The molecule has 0 saturated carbocycles. The van der Waals surface area contributed by atoms with E-state index < -0.39 is 0 Å². The van der Waals surface area contributed by atoms with E-state index in [-0.39, 0.29) is 29.7 Å². The van der Waals surface area contributed by atoms with Crippen LogP contribution in [0.5, 0.6) is 0 Å². The number of benzene rings is 2. The maximum absolute atomic E-state index is 13.2. The predicted molar refractivity (Wildman–Crippen MR) is 151 cm³/mol. The number of nitrogens with one attached hydrogen (secondary N) is 1. The summed E-state index contributed by atoms with van der Waals surface area (Å²) in [4.78, 5) is 40.4. The lowest BCUT2D eigenvalue weighted by Crippen LogP contribution is -2.34. The smallest absolute Gasteiger partial charge is 0.293 e. The van der Waals surface area contributed by atoms with Crippen LogP contribution in [0.3, 0.4) is 0 Å². The van der Waals surface area contributed by atoms with Crippen LogP contribution >= 0.6 is 11.8 Å². The van der Waals surface area contributed by atoms with Gasteiger partial charge in [0.05, 0.1) is 16.5 Å². The zero-order chi connectivity index (χ0) is 26.5. The maximum atomic E-state index is 13.2. The van der Waals surface area contributed by atoms with Gasteiger partial charge in [0.25, 0.3) is 11.1 Å². The summed E-state index contributed by atoms with van der Waals surface area (Å²) in [5.74, 6) is -0.330. The van der Waals surface area contributed by atoms with E-state index in [1.807, 2.05) is 41.1 Å². The van der Waals surface area contributed by atoms with Crippen molar-refractivity contribution in [1.29, 1.82) is 0 Å². The molecular formula is C30H33N3O4S. The van der Waals surface area contributed by atoms with Gasteiger partial charge < -0.3 is 14.6 Å². The molecule has 3 aromatic rings. The molecule has 3 heterocycles. The van der Waals surface area contributed by atoms with Gasteiger partial charge in [-0.2, -0.15) is 0 Å². The van der Waals surface area contributed by atoms with E-state index in [1.54, 1.807) is 6.08 Å². The van der Waals surface area contributed by atoms with E-state index in [9.17, 15) is 14.4 Å². The van der Waals surface area contributed by atoms with Gasteiger partial charge in [0, 0.05) is 36.8 Å². The molecule has 38 heavy (non-hydrogen) atoms. The first kappa shape index (κ1) is 26.3. The fraction of sp³-hybridized carbons (Fsp3) is 0.367. The lowest BCUT2D eigenvalue weighted by Gasteiger charge is -2.12. The van der Waals surface area contributed by atoms with Crippen molar-refractivity contribution in [2.45, 2.75) is 51.7 Å². The molecular weight excluding hydrogens is 498 g/mol. The fourth-order valence-corrected chi connectivity index (χ4v) is 6.01. The van der Waals surface area contributed by atoms with Gasteiger partial charge in [-0.25, -0.2) is 0 Å². The minimum atomic E-state index is -0.255. The molecule has 1 aromatic heterocycles. The lowest BCUT2D eigenvalue weighted by atomic mass is 10.1. The van der Waals surface area contributed by atoms with Crippen molar-refractivity contribution in [3.05, 3.63) is 76.3 Å². The maximum Gasteiger partial charge on any atom is 0.293 e. The fourth-order valence-electron chi connectivity index (χ4n) is 5.15. The Labute approximate surface area is 227 Å². The topological polar surface area (TPSA) is 80.6 Å². The first-order valence-electron chi connectivity index (χ1n) is 13.3. The number of thioether (sulfide) groups is 1. The summed E-state index contributed by atoms with van der Waals surface area (Å²) >= 11 is 0.983. The monoisotopic (exact) mass is 531 g/mol. The third-order valence-corrected chi connectivity index (χ3v) is 8.02. The summed E-state index contributed by atoms with van der Waals surface area (Å²) in [5, 5.41) is 3.73. The molecule has 8 heteroatoms. The Morgan fingerprint density at radius 3 is 2.76 bits per heavy atom. The summed E-state index contributed by atoms with van der Waals surface area (Å²) in [6.07, 6.45) is 8.15. The highest BCUT2D eigenvalue weighted by molar-refractivity contribution is 8.18. The zero-order valence-corrected chi connectivity index (χ0v) is 22.5. The molecule has 1 N–H and O–H groups in total. The number of aromatic nitrogens is 1. The zero-order valence-electron chi connectivity index (χ0n) is 21.7. The number of ether oxygens (including phenoxy) is 1. The Balaban J connectivity index is 1.33. The molecule has 0 aliphatic carbocycles. The van der Waals surface area contributed by atoms with E-state index in [0.29, 0.717) is 18.0 Å². The third-order valence-electron chi connectivity index (χ3n) is 7.11. The van der Waals surface area contributed by atoms with Crippen molar-refractivity contribution >= 4 is 45.8 Å². The highest BCUT2D eigenvalue weighted by Crippen LogP contribution is 2.35. The van der Waals surface area contributed by atoms with E-state index in [1.165, 1.54) is 10.5 Å². The van der Waals surface area contributed by atoms with Gasteiger partial charge in [0.1, 0.15) is 6.54 Å². The Bertz CT molecular complexity index is 1360. The number of fused-ring (bicyclic) bond motifs is 1. The second-order valence-corrected chi connectivity index (χ2v) is 10.7. The van der Waals surface area contributed by atoms with Gasteiger partial charge >= 0.3 is 0 Å². The molecule has 0 radical (unpaired) electrons. The van der Waals surface area contributed by atoms with Crippen LogP contribution in [0.15, 0.2) is 59.6 Å². The molecule has 2 aliphatic rings. The van der Waals surface area contributed by atoms with Crippen molar-refractivity contribution in [1.82, 2.24) is 14.8 Å². The van der Waals surface area contributed by atoms with Gasteiger partial charge in [-0.3, -0.25) is 19.3 Å². The number of nitrogens with zero attached hydrogens (tertiary/aromatic N) is 2. The number of para-hydroxylation sites is 1. The van der Waals surface area contributed by atoms with Crippen LogP contribution in [0.1, 0.15) is 42.9 Å². The Hall–Kier alpha value is -3.36. The summed E-state index contributed by atoms with van der Waals surface area (Å²) in [6.45, 7) is 3.93. The van der Waals surface area contributed by atoms with Crippen molar-refractivity contribution in [2.24, 2.45) is 0 Å². The molecule has 2 aromatic carbocycles. The van der Waals surface area contributed by atoms with Gasteiger partial charge in [-0.15, -0.1) is 0 Å². The van der Waals surface area contributed by atoms with Crippen LogP contribution in [0.4, 0.5) is 4.79 Å². The quantitative estimate of drug-likeness (QED) is 0.365. The van der Waals surface area contributed by atoms with Crippen LogP contribution < -0.4 is 5.32 Å². The highest BCUT2D eigenvalue weighted by atomic mass is 32.2. The summed E-state index contributed by atoms with van der Waals surface area (Å²) in [5.41, 5.74) is 4.13. The summed E-state index contributed by atoms with van der Waals surface area (Å²) < 4.78 is 7.57. The van der Waals surface area contributed by atoms with Crippen LogP contribution in [0.2, 0.25) is 0 Å². The van der Waals surface area contributed by atoms with Crippen molar-refractivity contribution < 1.29 is 19.1 Å². The van der Waals surface area contributed by atoms with Gasteiger partial charge in [0.2, 0.25) is 5.91 Å². The third kappa shape index (κ3) is 5.87. The standard InChI is InChI=1S/C30H33N3O4S/c1-2-22-12-6-14-25-23(19-32(28(22)25)20-27(34)31-18-24-13-8-16-37-24)17-26-29(35)33(30(36)38-26)15-7-11-21-9-4-3-5-10-21/h3-6,9-10,12,14,17,19,24H,2,7-8,11,13,15-16,18,20H2,1H3,(H,31,34)/b26-17-/t24-/m1/s1. The second kappa shape index (κ2) is 12.0. The molecule has 3 amide bonds. The van der Waals surface area contributed by atoms with Crippen LogP contribution in [0.25, 0.3) is 17.0 Å². The van der Waals surface area contributed by atoms with E-state index in [0.717, 1.165) is 72.5 Å². The molecule has 1 atom stereocenters. The number of hydrogen-bond donors (Lipinski definition) is 1. The van der Waals surface area contributed by atoms with E-state index in [4.69, 9.17) is 4.74 Å². The number of amides is 3. The largest absolute Gasteiger partial charge is 0.376 e. The summed E-state index contributed by atoms with van der Waals surface area (Å²) in [7, 11) is 0. The van der Waals surface area contributed by atoms with E-state index >= 15 is 0 Å². The van der Waals surface area contributed by atoms with Gasteiger partial charge in [-0.1, -0.05) is 55.5 Å². The Morgan fingerprint density at radius 2 is 2.00 bits per heavy atom. The van der Waals surface area contributed by atoms with Crippen molar-refractivity contribution in [3.8, 4) is 0 Å². The minimum Gasteiger partial charge on any atom is -0.376 e. The van der Waals surface area contributed by atoms with Gasteiger partial charge in [-0.05, 0) is 61.1 Å². The Morgan fingerprint density at radius 1 is 1.16 bits per heavy atom. The van der Waals surface area contributed by atoms with Crippen molar-refractivity contribution in [2.75, 3.05) is 19.7 Å². The normalized spacial score (nSPS) is 18.7. The van der Waals surface area contributed by atoms with E-state index in [2.05, 4.69) is 30.4 Å². The lowest BCUT2D eigenvalue weighted by molar-refractivity contribution is -0.123. The number of hydrogen-bond acceptors (Lipinski definition) is 5. The molecule has 0 bridgehead atoms.